The van der Waals surface area contributed by atoms with Crippen LogP contribution in [-0.2, 0) is 16.4 Å². The van der Waals surface area contributed by atoms with Gasteiger partial charge < -0.3 is 9.73 Å². The summed E-state index contributed by atoms with van der Waals surface area (Å²) < 4.78 is 30.6. The SMILES string of the molecule is CS(=O)(=O)N1CCCc2cc(C(=O)Nc3ccc(-c4cnco4)cc3)ccc21. The zero-order chi connectivity index (χ0) is 19.7. The molecule has 3 aromatic rings. The molecule has 1 N–H and O–H groups in total. The minimum absolute atomic E-state index is 0.244. The number of aryl methyl sites for hydroxylation is 1. The molecule has 144 valence electrons. The highest BCUT2D eigenvalue weighted by molar-refractivity contribution is 7.92. The smallest absolute Gasteiger partial charge is 0.255 e. The van der Waals surface area contributed by atoms with Crippen molar-refractivity contribution in [3.63, 3.8) is 0 Å². The summed E-state index contributed by atoms with van der Waals surface area (Å²) in [6, 6.07) is 12.4. The molecule has 0 saturated carbocycles. The van der Waals surface area contributed by atoms with Crippen LogP contribution in [0.15, 0.2) is 59.5 Å². The maximum atomic E-state index is 12.6. The lowest BCUT2D eigenvalue weighted by molar-refractivity contribution is 0.102. The quantitative estimate of drug-likeness (QED) is 0.729. The molecule has 1 amide bonds. The van der Waals surface area contributed by atoms with Gasteiger partial charge in [0.2, 0.25) is 10.0 Å². The number of aromatic nitrogens is 1. The van der Waals surface area contributed by atoms with E-state index in [2.05, 4.69) is 10.3 Å². The van der Waals surface area contributed by atoms with Crippen LogP contribution in [0.1, 0.15) is 22.3 Å². The van der Waals surface area contributed by atoms with Gasteiger partial charge in [0.15, 0.2) is 12.2 Å². The first-order valence-electron chi connectivity index (χ1n) is 8.83. The van der Waals surface area contributed by atoms with E-state index < -0.39 is 10.0 Å². The molecule has 1 aliphatic heterocycles. The molecule has 0 aliphatic carbocycles. The van der Waals surface area contributed by atoms with Gasteiger partial charge in [0.05, 0.1) is 18.1 Å². The highest BCUT2D eigenvalue weighted by Gasteiger charge is 2.24. The molecule has 7 nitrogen and oxygen atoms in total. The Labute approximate surface area is 163 Å². The average molecular weight is 397 g/mol. The third-order valence-corrected chi connectivity index (χ3v) is 5.86. The van der Waals surface area contributed by atoms with Gasteiger partial charge in [-0.25, -0.2) is 13.4 Å². The Morgan fingerprint density at radius 3 is 2.64 bits per heavy atom. The van der Waals surface area contributed by atoms with Crippen LogP contribution in [0.25, 0.3) is 11.3 Å². The van der Waals surface area contributed by atoms with Gasteiger partial charge in [0, 0.05) is 23.4 Å². The monoisotopic (exact) mass is 397 g/mol. The van der Waals surface area contributed by atoms with E-state index in [9.17, 15) is 13.2 Å². The van der Waals surface area contributed by atoms with Gasteiger partial charge in [0.1, 0.15) is 0 Å². The van der Waals surface area contributed by atoms with E-state index in [-0.39, 0.29) is 5.91 Å². The molecule has 1 aromatic heterocycles. The Hall–Kier alpha value is -3.13. The molecule has 0 atom stereocenters. The number of hydrogen-bond donors (Lipinski definition) is 1. The summed E-state index contributed by atoms with van der Waals surface area (Å²) in [7, 11) is -3.32. The maximum absolute atomic E-state index is 12.6. The van der Waals surface area contributed by atoms with Crippen LogP contribution >= 0.6 is 0 Å². The van der Waals surface area contributed by atoms with Crippen LogP contribution in [0.4, 0.5) is 11.4 Å². The fourth-order valence-corrected chi connectivity index (χ4v) is 4.32. The fourth-order valence-electron chi connectivity index (χ4n) is 3.33. The number of benzene rings is 2. The number of anilines is 2. The summed E-state index contributed by atoms with van der Waals surface area (Å²) in [5, 5.41) is 2.86. The minimum atomic E-state index is -3.32. The molecule has 2 heterocycles. The standard InChI is InChI=1S/C20H19N3O4S/c1-28(25,26)23-10-2-3-15-11-16(6-9-18(15)23)20(24)22-17-7-4-14(5-8-17)19-12-21-13-27-19/h4-9,11-13H,2-3,10H2,1H3,(H,22,24). The van der Waals surface area contributed by atoms with E-state index in [4.69, 9.17) is 4.42 Å². The zero-order valence-corrected chi connectivity index (χ0v) is 16.1. The van der Waals surface area contributed by atoms with Crippen molar-refractivity contribution in [2.45, 2.75) is 12.8 Å². The molecule has 0 radical (unpaired) electrons. The predicted molar refractivity (Wildman–Crippen MR) is 107 cm³/mol. The van der Waals surface area contributed by atoms with Crippen molar-refractivity contribution in [2.75, 3.05) is 22.4 Å². The van der Waals surface area contributed by atoms with Crippen molar-refractivity contribution >= 4 is 27.3 Å². The molecular formula is C20H19N3O4S. The van der Waals surface area contributed by atoms with Crippen molar-refractivity contribution in [1.82, 2.24) is 4.98 Å². The van der Waals surface area contributed by atoms with Crippen LogP contribution in [0.5, 0.6) is 0 Å². The van der Waals surface area contributed by atoms with Gasteiger partial charge in [0.25, 0.3) is 5.91 Å². The zero-order valence-electron chi connectivity index (χ0n) is 15.3. The third-order valence-electron chi connectivity index (χ3n) is 4.68. The first-order chi connectivity index (χ1) is 13.4. The number of sulfonamides is 1. The number of oxazole rings is 1. The Morgan fingerprint density at radius 1 is 1.18 bits per heavy atom. The second-order valence-corrected chi connectivity index (χ2v) is 8.59. The van der Waals surface area contributed by atoms with E-state index in [1.807, 2.05) is 12.1 Å². The van der Waals surface area contributed by atoms with Crippen molar-refractivity contribution in [2.24, 2.45) is 0 Å². The fraction of sp³-hybridized carbons (Fsp3) is 0.200. The summed E-state index contributed by atoms with van der Waals surface area (Å²) in [4.78, 5) is 16.5. The van der Waals surface area contributed by atoms with Crippen LogP contribution in [0.2, 0.25) is 0 Å². The number of carbonyl (C=O) groups is 1. The predicted octanol–water partition coefficient (Wildman–Crippen LogP) is 3.31. The van der Waals surface area contributed by atoms with Crippen molar-refractivity contribution in [1.29, 1.82) is 0 Å². The Bertz CT molecular complexity index is 1110. The largest absolute Gasteiger partial charge is 0.444 e. The second-order valence-electron chi connectivity index (χ2n) is 6.68. The first kappa shape index (κ1) is 18.2. The van der Waals surface area contributed by atoms with Gasteiger partial charge in [-0.15, -0.1) is 0 Å². The Morgan fingerprint density at radius 2 is 1.96 bits per heavy atom. The average Bonchev–Trinajstić information content (AvgIpc) is 3.21. The van der Waals surface area contributed by atoms with Crippen molar-refractivity contribution in [3.05, 3.63) is 66.2 Å². The van der Waals surface area contributed by atoms with Gasteiger partial charge >= 0.3 is 0 Å². The number of amides is 1. The van der Waals surface area contributed by atoms with Crippen LogP contribution in [0, 0.1) is 0 Å². The number of nitrogens with zero attached hydrogens (tertiary/aromatic N) is 2. The molecule has 0 bridgehead atoms. The Kier molecular flexibility index (Phi) is 4.64. The van der Waals surface area contributed by atoms with E-state index in [0.29, 0.717) is 29.2 Å². The Balaban J connectivity index is 1.53. The summed E-state index contributed by atoms with van der Waals surface area (Å²) in [5.41, 5.74) is 3.54. The first-order valence-corrected chi connectivity index (χ1v) is 10.7. The number of nitrogens with one attached hydrogen (secondary N) is 1. The van der Waals surface area contributed by atoms with E-state index in [1.165, 1.54) is 17.0 Å². The molecule has 0 unspecified atom stereocenters. The van der Waals surface area contributed by atoms with E-state index >= 15 is 0 Å². The molecule has 1 aliphatic rings. The third kappa shape index (κ3) is 3.63. The number of fused-ring (bicyclic) bond motifs is 1. The van der Waals surface area contributed by atoms with Crippen LogP contribution < -0.4 is 9.62 Å². The molecule has 28 heavy (non-hydrogen) atoms. The number of rotatable bonds is 4. The highest BCUT2D eigenvalue weighted by Crippen LogP contribution is 2.30. The van der Waals surface area contributed by atoms with Gasteiger partial charge in [-0.1, -0.05) is 0 Å². The normalized spacial score (nSPS) is 13.8. The van der Waals surface area contributed by atoms with E-state index in [0.717, 1.165) is 24.0 Å². The lowest BCUT2D eigenvalue weighted by Gasteiger charge is -2.29. The molecule has 4 rings (SSSR count). The second kappa shape index (κ2) is 7.12. The van der Waals surface area contributed by atoms with Gasteiger partial charge in [-0.2, -0.15) is 0 Å². The number of hydrogen-bond acceptors (Lipinski definition) is 5. The summed E-state index contributed by atoms with van der Waals surface area (Å²) in [6.45, 7) is 0.467. The van der Waals surface area contributed by atoms with Crippen molar-refractivity contribution in [3.8, 4) is 11.3 Å². The maximum Gasteiger partial charge on any atom is 0.255 e. The molecule has 0 fully saturated rings. The molecule has 0 spiro atoms. The summed E-state index contributed by atoms with van der Waals surface area (Å²) in [6.07, 6.45) is 5.67. The molecular weight excluding hydrogens is 378 g/mol. The molecule has 8 heteroatoms. The minimum Gasteiger partial charge on any atom is -0.444 e. The lowest BCUT2D eigenvalue weighted by Crippen LogP contribution is -2.34. The molecule has 2 aromatic carbocycles. The lowest BCUT2D eigenvalue weighted by atomic mass is 10.0. The summed E-state index contributed by atoms with van der Waals surface area (Å²) in [5.74, 6) is 0.412. The summed E-state index contributed by atoms with van der Waals surface area (Å²) >= 11 is 0. The van der Waals surface area contributed by atoms with Crippen LogP contribution in [0.3, 0.4) is 0 Å². The van der Waals surface area contributed by atoms with Gasteiger partial charge in [-0.05, 0) is 60.9 Å². The van der Waals surface area contributed by atoms with Crippen molar-refractivity contribution < 1.29 is 17.6 Å². The topological polar surface area (TPSA) is 92.5 Å². The molecule has 0 saturated heterocycles. The number of carbonyl (C=O) groups excluding carboxylic acids is 1. The highest BCUT2D eigenvalue weighted by atomic mass is 32.2. The van der Waals surface area contributed by atoms with E-state index in [1.54, 1.807) is 36.5 Å². The van der Waals surface area contributed by atoms with Crippen LogP contribution in [-0.4, -0.2) is 32.1 Å². The van der Waals surface area contributed by atoms with Gasteiger partial charge in [-0.3, -0.25) is 9.10 Å².